The standard InChI is InChI=1S/C19H17F2N3O3S2/c20-14-3-1-13(2-4-14)11-16-12-22-19(28-16)24-18(25)9-10-23-29(26,27)17-7-5-15(21)6-8-17/h1-8,12,23H,9-11H2,(H,22,24,25). The van der Waals surface area contributed by atoms with Gasteiger partial charge in [-0.25, -0.2) is 26.9 Å². The Morgan fingerprint density at radius 3 is 2.28 bits per heavy atom. The van der Waals surface area contributed by atoms with E-state index in [2.05, 4.69) is 15.0 Å². The predicted octanol–water partition coefficient (Wildman–Crippen LogP) is 3.32. The normalized spacial score (nSPS) is 11.4. The van der Waals surface area contributed by atoms with Crippen LogP contribution in [0.4, 0.5) is 13.9 Å². The van der Waals surface area contributed by atoms with Crippen molar-refractivity contribution >= 4 is 32.4 Å². The van der Waals surface area contributed by atoms with Gasteiger partial charge in [-0.15, -0.1) is 11.3 Å². The molecule has 29 heavy (non-hydrogen) atoms. The highest BCUT2D eigenvalue weighted by molar-refractivity contribution is 7.89. The monoisotopic (exact) mass is 437 g/mol. The fraction of sp³-hybridized carbons (Fsp3) is 0.158. The molecule has 0 atom stereocenters. The maximum Gasteiger partial charge on any atom is 0.240 e. The van der Waals surface area contributed by atoms with E-state index in [-0.39, 0.29) is 23.7 Å². The molecule has 0 spiro atoms. The van der Waals surface area contributed by atoms with E-state index in [1.54, 1.807) is 18.3 Å². The van der Waals surface area contributed by atoms with E-state index in [4.69, 9.17) is 0 Å². The van der Waals surface area contributed by atoms with Gasteiger partial charge in [-0.1, -0.05) is 12.1 Å². The fourth-order valence-electron chi connectivity index (χ4n) is 2.43. The van der Waals surface area contributed by atoms with Crippen molar-refractivity contribution in [1.82, 2.24) is 9.71 Å². The summed E-state index contributed by atoms with van der Waals surface area (Å²) in [6.45, 7) is -0.112. The molecule has 2 aromatic carbocycles. The van der Waals surface area contributed by atoms with Crippen LogP contribution in [0, 0.1) is 11.6 Å². The molecule has 0 fully saturated rings. The molecular formula is C19H17F2N3O3S2. The second-order valence-electron chi connectivity index (χ2n) is 6.08. The summed E-state index contributed by atoms with van der Waals surface area (Å²) in [4.78, 5) is 16.9. The number of carbonyl (C=O) groups excluding carboxylic acids is 1. The molecule has 0 unspecified atom stereocenters. The highest BCUT2D eigenvalue weighted by Crippen LogP contribution is 2.21. The summed E-state index contributed by atoms with van der Waals surface area (Å²) in [5.74, 6) is -1.24. The third-order valence-electron chi connectivity index (χ3n) is 3.86. The minimum absolute atomic E-state index is 0.0790. The SMILES string of the molecule is O=C(CCNS(=O)(=O)c1ccc(F)cc1)Nc1ncc(Cc2ccc(F)cc2)s1. The average Bonchev–Trinajstić information content (AvgIpc) is 3.10. The first-order valence-corrected chi connectivity index (χ1v) is 10.9. The number of rotatable bonds is 8. The quantitative estimate of drug-likeness (QED) is 0.566. The van der Waals surface area contributed by atoms with Crippen LogP contribution in [-0.2, 0) is 21.2 Å². The van der Waals surface area contributed by atoms with Gasteiger partial charge in [-0.3, -0.25) is 4.79 Å². The first-order chi connectivity index (χ1) is 13.8. The molecule has 0 aliphatic carbocycles. The van der Waals surface area contributed by atoms with E-state index in [9.17, 15) is 22.0 Å². The Hall–Kier alpha value is -2.69. The smallest absolute Gasteiger partial charge is 0.240 e. The number of thiazole rings is 1. The van der Waals surface area contributed by atoms with Crippen molar-refractivity contribution < 1.29 is 22.0 Å². The Kier molecular flexibility index (Phi) is 6.68. The molecular weight excluding hydrogens is 420 g/mol. The van der Waals surface area contributed by atoms with E-state index in [0.29, 0.717) is 11.6 Å². The van der Waals surface area contributed by atoms with Gasteiger partial charge in [0.15, 0.2) is 5.13 Å². The van der Waals surface area contributed by atoms with Gasteiger partial charge in [-0.05, 0) is 42.0 Å². The Bertz CT molecular complexity index is 1080. The van der Waals surface area contributed by atoms with Crippen molar-refractivity contribution in [3.63, 3.8) is 0 Å². The zero-order valence-electron chi connectivity index (χ0n) is 15.1. The number of anilines is 1. The van der Waals surface area contributed by atoms with E-state index in [0.717, 1.165) is 34.7 Å². The maximum atomic E-state index is 12.9. The van der Waals surface area contributed by atoms with E-state index >= 15 is 0 Å². The van der Waals surface area contributed by atoms with Crippen LogP contribution >= 0.6 is 11.3 Å². The molecule has 3 aromatic rings. The Morgan fingerprint density at radius 2 is 1.62 bits per heavy atom. The number of nitrogens with zero attached hydrogens (tertiary/aromatic N) is 1. The van der Waals surface area contributed by atoms with Crippen LogP contribution in [0.1, 0.15) is 16.9 Å². The van der Waals surface area contributed by atoms with Crippen LogP contribution in [0.25, 0.3) is 0 Å². The molecule has 0 saturated heterocycles. The molecule has 0 bridgehead atoms. The number of aromatic nitrogens is 1. The molecule has 0 aliphatic rings. The average molecular weight is 437 g/mol. The molecule has 6 nitrogen and oxygen atoms in total. The molecule has 0 saturated carbocycles. The number of benzene rings is 2. The number of nitrogens with one attached hydrogen (secondary N) is 2. The second kappa shape index (κ2) is 9.21. The van der Waals surface area contributed by atoms with E-state index in [1.807, 2.05) is 0 Å². The van der Waals surface area contributed by atoms with Crippen LogP contribution < -0.4 is 10.0 Å². The van der Waals surface area contributed by atoms with Crippen LogP contribution in [0.2, 0.25) is 0 Å². The largest absolute Gasteiger partial charge is 0.302 e. The lowest BCUT2D eigenvalue weighted by Crippen LogP contribution is -2.27. The third-order valence-corrected chi connectivity index (χ3v) is 6.25. The molecule has 1 amide bonds. The summed E-state index contributed by atoms with van der Waals surface area (Å²) in [6.07, 6.45) is 2.10. The van der Waals surface area contributed by atoms with Crippen LogP contribution in [0.3, 0.4) is 0 Å². The van der Waals surface area contributed by atoms with Crippen molar-refractivity contribution in [2.45, 2.75) is 17.7 Å². The Balaban J connectivity index is 1.48. The van der Waals surface area contributed by atoms with Gasteiger partial charge in [0.2, 0.25) is 15.9 Å². The maximum absolute atomic E-state index is 12.9. The number of hydrogen-bond donors (Lipinski definition) is 2. The lowest BCUT2D eigenvalue weighted by Gasteiger charge is -2.06. The highest BCUT2D eigenvalue weighted by Gasteiger charge is 2.14. The summed E-state index contributed by atoms with van der Waals surface area (Å²) in [5, 5.41) is 3.01. The van der Waals surface area contributed by atoms with Gasteiger partial charge in [0.1, 0.15) is 11.6 Å². The number of carbonyl (C=O) groups is 1. The number of hydrogen-bond acceptors (Lipinski definition) is 5. The van der Waals surface area contributed by atoms with Crippen LogP contribution in [-0.4, -0.2) is 25.9 Å². The molecule has 0 radical (unpaired) electrons. The van der Waals surface area contributed by atoms with Crippen molar-refractivity contribution in [2.75, 3.05) is 11.9 Å². The van der Waals surface area contributed by atoms with Gasteiger partial charge >= 0.3 is 0 Å². The molecule has 152 valence electrons. The zero-order chi connectivity index (χ0) is 20.9. The number of sulfonamides is 1. The topological polar surface area (TPSA) is 88.2 Å². The summed E-state index contributed by atoms with van der Waals surface area (Å²) in [5.41, 5.74) is 0.920. The minimum atomic E-state index is -3.82. The van der Waals surface area contributed by atoms with Crippen molar-refractivity contribution in [1.29, 1.82) is 0 Å². The Morgan fingerprint density at radius 1 is 1.00 bits per heavy atom. The van der Waals surface area contributed by atoms with Gasteiger partial charge in [0.25, 0.3) is 0 Å². The minimum Gasteiger partial charge on any atom is -0.302 e. The highest BCUT2D eigenvalue weighted by atomic mass is 32.2. The lowest BCUT2D eigenvalue weighted by atomic mass is 10.1. The predicted molar refractivity (Wildman–Crippen MR) is 106 cm³/mol. The number of halogens is 2. The molecule has 3 rings (SSSR count). The zero-order valence-corrected chi connectivity index (χ0v) is 16.7. The fourth-order valence-corrected chi connectivity index (χ4v) is 4.32. The molecule has 2 N–H and O–H groups in total. The first-order valence-electron chi connectivity index (χ1n) is 8.56. The summed E-state index contributed by atoms with van der Waals surface area (Å²) < 4.78 is 52.3. The summed E-state index contributed by atoms with van der Waals surface area (Å²) in [6, 6.07) is 10.5. The van der Waals surface area contributed by atoms with Gasteiger partial charge in [0.05, 0.1) is 4.90 Å². The van der Waals surface area contributed by atoms with Crippen molar-refractivity contribution in [2.24, 2.45) is 0 Å². The van der Waals surface area contributed by atoms with Gasteiger partial charge in [0, 0.05) is 30.5 Å². The molecule has 1 aromatic heterocycles. The summed E-state index contributed by atoms with van der Waals surface area (Å²) in [7, 11) is -3.82. The van der Waals surface area contributed by atoms with Crippen LogP contribution in [0.15, 0.2) is 59.6 Å². The second-order valence-corrected chi connectivity index (χ2v) is 8.97. The molecule has 10 heteroatoms. The Labute approximate surface area is 170 Å². The van der Waals surface area contributed by atoms with Crippen molar-refractivity contribution in [3.8, 4) is 0 Å². The number of amides is 1. The first kappa shape index (κ1) is 21.0. The lowest BCUT2D eigenvalue weighted by molar-refractivity contribution is -0.116. The van der Waals surface area contributed by atoms with E-state index < -0.39 is 21.7 Å². The summed E-state index contributed by atoms with van der Waals surface area (Å²) >= 11 is 1.29. The molecule has 0 aliphatic heterocycles. The van der Waals surface area contributed by atoms with Crippen LogP contribution in [0.5, 0.6) is 0 Å². The molecule has 1 heterocycles. The van der Waals surface area contributed by atoms with Crippen molar-refractivity contribution in [3.05, 3.63) is 76.8 Å². The van der Waals surface area contributed by atoms with Gasteiger partial charge in [-0.2, -0.15) is 0 Å². The van der Waals surface area contributed by atoms with E-state index in [1.165, 1.54) is 23.5 Å². The third kappa shape index (κ3) is 6.14. The van der Waals surface area contributed by atoms with Gasteiger partial charge < -0.3 is 5.32 Å².